The predicted octanol–water partition coefficient (Wildman–Crippen LogP) is 2.91. The Morgan fingerprint density at radius 1 is 1.56 bits per heavy atom. The molecule has 1 unspecified atom stereocenters. The molecule has 5 heteroatoms. The summed E-state index contributed by atoms with van der Waals surface area (Å²) >= 11 is 9.45. The molecule has 0 bridgehead atoms. The molecule has 0 spiro atoms. The van der Waals surface area contributed by atoms with E-state index in [-0.39, 0.29) is 5.91 Å². The third kappa shape index (κ3) is 3.05. The van der Waals surface area contributed by atoms with Gasteiger partial charge in [0.2, 0.25) is 0 Å². The van der Waals surface area contributed by atoms with Crippen molar-refractivity contribution in [3.8, 4) is 0 Å². The smallest absolute Gasteiger partial charge is 0.255 e. The van der Waals surface area contributed by atoms with Gasteiger partial charge in [-0.2, -0.15) is 0 Å². The third-order valence-electron chi connectivity index (χ3n) is 3.30. The minimum absolute atomic E-state index is 0.00523. The maximum Gasteiger partial charge on any atom is 0.255 e. The van der Waals surface area contributed by atoms with Crippen molar-refractivity contribution in [3.63, 3.8) is 0 Å². The quantitative estimate of drug-likeness (QED) is 0.905. The first kappa shape index (κ1) is 13.8. The van der Waals surface area contributed by atoms with E-state index < -0.39 is 0 Å². The average molecular weight is 332 g/mol. The van der Waals surface area contributed by atoms with Crippen LogP contribution in [0.2, 0.25) is 5.02 Å². The van der Waals surface area contributed by atoms with Crippen LogP contribution in [0.15, 0.2) is 22.7 Å². The molecule has 1 amide bonds. The molecule has 3 nitrogen and oxygen atoms in total. The van der Waals surface area contributed by atoms with Crippen LogP contribution in [0.3, 0.4) is 0 Å². The molecular formula is C13H16BrClN2O. The number of carbonyl (C=O) groups is 1. The lowest BCUT2D eigenvalue weighted by Gasteiger charge is -2.32. The van der Waals surface area contributed by atoms with Crippen molar-refractivity contribution < 1.29 is 4.79 Å². The number of piperidine rings is 1. The summed E-state index contributed by atoms with van der Waals surface area (Å²) in [6.45, 7) is 2.17. The highest BCUT2D eigenvalue weighted by Crippen LogP contribution is 2.24. The summed E-state index contributed by atoms with van der Waals surface area (Å²) in [6.07, 6.45) is 2.12. The first-order chi connectivity index (χ1) is 8.61. The van der Waals surface area contributed by atoms with Gasteiger partial charge in [-0.05, 0) is 43.5 Å². The number of hydrogen-bond donors (Lipinski definition) is 1. The van der Waals surface area contributed by atoms with Gasteiger partial charge >= 0.3 is 0 Å². The van der Waals surface area contributed by atoms with Gasteiger partial charge in [-0.15, -0.1) is 0 Å². The van der Waals surface area contributed by atoms with Crippen LogP contribution in [0, 0.1) is 5.92 Å². The fourth-order valence-electron chi connectivity index (χ4n) is 2.28. The number of rotatable bonds is 2. The molecular weight excluding hydrogens is 316 g/mol. The van der Waals surface area contributed by atoms with Crippen LogP contribution in [0.5, 0.6) is 0 Å². The van der Waals surface area contributed by atoms with Crippen molar-refractivity contribution in [3.05, 3.63) is 33.3 Å². The summed E-state index contributed by atoms with van der Waals surface area (Å²) in [5.41, 5.74) is 6.25. The highest BCUT2D eigenvalue weighted by molar-refractivity contribution is 9.10. The van der Waals surface area contributed by atoms with Crippen LogP contribution in [0.1, 0.15) is 23.2 Å². The van der Waals surface area contributed by atoms with Crippen molar-refractivity contribution in [2.75, 3.05) is 19.6 Å². The number of amides is 1. The summed E-state index contributed by atoms with van der Waals surface area (Å²) in [6, 6.07) is 5.35. The highest BCUT2D eigenvalue weighted by Gasteiger charge is 2.24. The van der Waals surface area contributed by atoms with Crippen molar-refractivity contribution in [2.24, 2.45) is 11.7 Å². The number of halogens is 2. The second kappa shape index (κ2) is 6.04. The summed E-state index contributed by atoms with van der Waals surface area (Å²) in [5, 5.41) is 0.490. The molecule has 1 saturated heterocycles. The van der Waals surface area contributed by atoms with E-state index in [2.05, 4.69) is 15.9 Å². The molecule has 1 aromatic carbocycles. The zero-order valence-electron chi connectivity index (χ0n) is 10.0. The lowest BCUT2D eigenvalue weighted by Crippen LogP contribution is -2.42. The number of benzene rings is 1. The largest absolute Gasteiger partial charge is 0.338 e. The van der Waals surface area contributed by atoms with E-state index in [0.717, 1.165) is 30.4 Å². The molecule has 1 heterocycles. The van der Waals surface area contributed by atoms with Crippen LogP contribution >= 0.6 is 27.5 Å². The van der Waals surface area contributed by atoms with E-state index in [1.807, 2.05) is 11.0 Å². The lowest BCUT2D eigenvalue weighted by molar-refractivity contribution is 0.0678. The zero-order chi connectivity index (χ0) is 13.1. The Balaban J connectivity index is 2.15. The Bertz CT molecular complexity index is 453. The van der Waals surface area contributed by atoms with Gasteiger partial charge in [0.1, 0.15) is 0 Å². The molecule has 1 fully saturated rings. The summed E-state index contributed by atoms with van der Waals surface area (Å²) in [5.74, 6) is 0.419. The molecule has 0 radical (unpaired) electrons. The fourth-order valence-corrected chi connectivity index (χ4v) is 3.03. The Morgan fingerprint density at radius 2 is 2.33 bits per heavy atom. The van der Waals surface area contributed by atoms with E-state index in [1.165, 1.54) is 0 Å². The summed E-state index contributed by atoms with van der Waals surface area (Å²) in [7, 11) is 0. The van der Waals surface area contributed by atoms with Crippen LogP contribution in [-0.2, 0) is 0 Å². The Labute approximate surface area is 120 Å². The topological polar surface area (TPSA) is 46.3 Å². The standard InChI is InChI=1S/C13H16BrClN2O/c14-10-3-4-11(12(15)6-10)13(18)17-5-1-2-9(7-16)8-17/h3-4,6,9H,1-2,5,7-8,16H2. The van der Waals surface area contributed by atoms with E-state index in [1.54, 1.807) is 12.1 Å². The second-order valence-corrected chi connectivity index (χ2v) is 5.94. The molecule has 1 atom stereocenters. The molecule has 1 aliphatic heterocycles. The third-order valence-corrected chi connectivity index (χ3v) is 4.11. The SMILES string of the molecule is NCC1CCCN(C(=O)c2ccc(Br)cc2Cl)C1. The maximum absolute atomic E-state index is 12.4. The van der Waals surface area contributed by atoms with E-state index in [0.29, 0.717) is 23.0 Å². The van der Waals surface area contributed by atoms with Gasteiger partial charge in [-0.1, -0.05) is 27.5 Å². The zero-order valence-corrected chi connectivity index (χ0v) is 12.4. The van der Waals surface area contributed by atoms with Crippen LogP contribution in [0.4, 0.5) is 0 Å². The average Bonchev–Trinajstić information content (AvgIpc) is 2.38. The minimum atomic E-state index is 0.00523. The fraction of sp³-hybridized carbons (Fsp3) is 0.462. The molecule has 2 rings (SSSR count). The number of carbonyl (C=O) groups excluding carboxylic acids is 1. The van der Waals surface area contributed by atoms with Gasteiger partial charge in [0.25, 0.3) is 5.91 Å². The Morgan fingerprint density at radius 3 is 3.00 bits per heavy atom. The maximum atomic E-state index is 12.4. The summed E-state index contributed by atoms with van der Waals surface area (Å²) < 4.78 is 0.877. The van der Waals surface area contributed by atoms with Crippen molar-refractivity contribution >= 4 is 33.4 Å². The molecule has 18 heavy (non-hydrogen) atoms. The van der Waals surface area contributed by atoms with E-state index in [4.69, 9.17) is 17.3 Å². The normalized spacial score (nSPS) is 19.9. The highest BCUT2D eigenvalue weighted by atomic mass is 79.9. The number of likely N-dealkylation sites (tertiary alicyclic amines) is 1. The van der Waals surface area contributed by atoms with Gasteiger partial charge in [0.15, 0.2) is 0 Å². The van der Waals surface area contributed by atoms with Crippen molar-refractivity contribution in [1.29, 1.82) is 0 Å². The number of hydrogen-bond acceptors (Lipinski definition) is 2. The Kier molecular flexibility index (Phi) is 4.65. The molecule has 1 aromatic rings. The molecule has 0 aliphatic carbocycles. The molecule has 2 N–H and O–H groups in total. The lowest BCUT2D eigenvalue weighted by atomic mass is 9.97. The van der Waals surface area contributed by atoms with Crippen LogP contribution < -0.4 is 5.73 Å². The van der Waals surface area contributed by atoms with E-state index >= 15 is 0 Å². The molecule has 0 saturated carbocycles. The first-order valence-electron chi connectivity index (χ1n) is 6.06. The Hall–Kier alpha value is -0.580. The van der Waals surface area contributed by atoms with E-state index in [9.17, 15) is 4.79 Å². The second-order valence-electron chi connectivity index (χ2n) is 4.62. The predicted molar refractivity (Wildman–Crippen MR) is 76.8 cm³/mol. The molecule has 98 valence electrons. The number of nitrogens with zero attached hydrogens (tertiary/aromatic N) is 1. The first-order valence-corrected chi connectivity index (χ1v) is 7.23. The number of nitrogens with two attached hydrogens (primary N) is 1. The monoisotopic (exact) mass is 330 g/mol. The molecule has 1 aliphatic rings. The van der Waals surface area contributed by atoms with Crippen LogP contribution in [0.25, 0.3) is 0 Å². The summed E-state index contributed by atoms with van der Waals surface area (Å²) in [4.78, 5) is 14.2. The van der Waals surface area contributed by atoms with Crippen molar-refractivity contribution in [1.82, 2.24) is 4.90 Å². The van der Waals surface area contributed by atoms with Gasteiger partial charge < -0.3 is 10.6 Å². The van der Waals surface area contributed by atoms with Gasteiger partial charge in [-0.25, -0.2) is 0 Å². The van der Waals surface area contributed by atoms with Gasteiger partial charge in [-0.3, -0.25) is 4.79 Å². The van der Waals surface area contributed by atoms with Crippen LogP contribution in [-0.4, -0.2) is 30.4 Å². The van der Waals surface area contributed by atoms with Gasteiger partial charge in [0.05, 0.1) is 10.6 Å². The minimum Gasteiger partial charge on any atom is -0.338 e. The van der Waals surface area contributed by atoms with Crippen molar-refractivity contribution in [2.45, 2.75) is 12.8 Å². The van der Waals surface area contributed by atoms with Gasteiger partial charge in [0, 0.05) is 17.6 Å². The molecule has 0 aromatic heterocycles.